The molecule has 1 unspecified atom stereocenters. The Hall–Kier alpha value is -2.17. The molecule has 1 aromatic rings. The molecule has 1 N–H and O–H groups in total. The second-order valence-corrected chi connectivity index (χ2v) is 5.93. The number of unbranched alkanes of at least 4 members (excludes halogenated alkanes) is 5. The SMILES string of the molecule is CCCCCCCCC(Oc1ccccc1)(C(=O)O)C(C=O)C=O. The van der Waals surface area contributed by atoms with E-state index in [1.807, 2.05) is 0 Å². The maximum absolute atomic E-state index is 11.9. The van der Waals surface area contributed by atoms with E-state index in [2.05, 4.69) is 6.92 Å². The lowest BCUT2D eigenvalue weighted by Gasteiger charge is -2.32. The van der Waals surface area contributed by atoms with E-state index in [9.17, 15) is 19.5 Å². The first kappa shape index (κ1) is 19.9. The van der Waals surface area contributed by atoms with E-state index in [1.165, 1.54) is 0 Å². The number of ether oxygens (including phenoxy) is 1. The van der Waals surface area contributed by atoms with Gasteiger partial charge in [-0.2, -0.15) is 0 Å². The molecule has 1 aromatic carbocycles. The van der Waals surface area contributed by atoms with Gasteiger partial charge in [0.05, 0.1) is 0 Å². The Morgan fingerprint density at radius 1 is 1.08 bits per heavy atom. The summed E-state index contributed by atoms with van der Waals surface area (Å²) in [5, 5.41) is 9.72. The van der Waals surface area contributed by atoms with E-state index < -0.39 is 17.5 Å². The molecule has 0 saturated carbocycles. The number of rotatable bonds is 13. The van der Waals surface area contributed by atoms with Gasteiger partial charge in [-0.15, -0.1) is 0 Å². The zero-order valence-electron chi connectivity index (χ0n) is 14.1. The minimum atomic E-state index is -1.85. The van der Waals surface area contributed by atoms with E-state index in [-0.39, 0.29) is 6.42 Å². The van der Waals surface area contributed by atoms with Gasteiger partial charge >= 0.3 is 5.97 Å². The summed E-state index contributed by atoms with van der Waals surface area (Å²) in [6, 6.07) is 8.43. The third-order valence-corrected chi connectivity index (χ3v) is 4.14. The fourth-order valence-electron chi connectivity index (χ4n) is 2.70. The van der Waals surface area contributed by atoms with Crippen LogP contribution in [0.15, 0.2) is 30.3 Å². The molecule has 1 rings (SSSR count). The Morgan fingerprint density at radius 3 is 2.21 bits per heavy atom. The largest absolute Gasteiger partial charge is 0.478 e. The maximum Gasteiger partial charge on any atom is 0.349 e. The van der Waals surface area contributed by atoms with E-state index >= 15 is 0 Å². The lowest BCUT2D eigenvalue weighted by molar-refractivity contribution is -0.164. The zero-order valence-corrected chi connectivity index (χ0v) is 14.1. The highest BCUT2D eigenvalue weighted by atomic mass is 16.5. The van der Waals surface area contributed by atoms with Gasteiger partial charge in [-0.25, -0.2) is 4.79 Å². The number of carboxylic acid groups (broad SMARTS) is 1. The molecule has 0 aliphatic rings. The molecule has 1 atom stereocenters. The lowest BCUT2D eigenvalue weighted by atomic mass is 9.84. The Bertz CT molecular complexity index is 506. The maximum atomic E-state index is 11.9. The van der Waals surface area contributed by atoms with E-state index in [4.69, 9.17) is 4.74 Å². The number of benzene rings is 1. The summed E-state index contributed by atoms with van der Waals surface area (Å²) in [5.41, 5.74) is -1.85. The van der Waals surface area contributed by atoms with Crippen molar-refractivity contribution in [1.82, 2.24) is 0 Å². The quantitative estimate of drug-likeness (QED) is 0.338. The summed E-state index contributed by atoms with van der Waals surface area (Å²) in [5.74, 6) is -2.30. The molecule has 0 heterocycles. The van der Waals surface area contributed by atoms with Crippen molar-refractivity contribution in [2.24, 2.45) is 5.92 Å². The van der Waals surface area contributed by atoms with Gasteiger partial charge in [-0.1, -0.05) is 57.2 Å². The van der Waals surface area contributed by atoms with Crippen LogP contribution in [0.2, 0.25) is 0 Å². The molecule has 0 saturated heterocycles. The van der Waals surface area contributed by atoms with Crippen molar-refractivity contribution in [3.8, 4) is 5.75 Å². The first-order valence-electron chi connectivity index (χ1n) is 8.48. The molecule has 132 valence electrons. The van der Waals surface area contributed by atoms with Crippen LogP contribution in [0.4, 0.5) is 0 Å². The monoisotopic (exact) mass is 334 g/mol. The summed E-state index contributed by atoms with van der Waals surface area (Å²) in [6.45, 7) is 2.13. The van der Waals surface area contributed by atoms with Crippen LogP contribution in [0.5, 0.6) is 5.75 Å². The minimum absolute atomic E-state index is 0.117. The Morgan fingerprint density at radius 2 is 1.67 bits per heavy atom. The van der Waals surface area contributed by atoms with E-state index in [0.29, 0.717) is 24.7 Å². The van der Waals surface area contributed by atoms with Crippen LogP contribution < -0.4 is 4.74 Å². The molecule has 0 aliphatic carbocycles. The van der Waals surface area contributed by atoms with Gasteiger partial charge in [0, 0.05) is 0 Å². The van der Waals surface area contributed by atoms with Crippen molar-refractivity contribution in [3.05, 3.63) is 30.3 Å². The lowest BCUT2D eigenvalue weighted by Crippen LogP contribution is -2.52. The fourth-order valence-corrected chi connectivity index (χ4v) is 2.70. The highest BCUT2D eigenvalue weighted by Gasteiger charge is 2.48. The topological polar surface area (TPSA) is 80.7 Å². The van der Waals surface area contributed by atoms with Crippen molar-refractivity contribution < 1.29 is 24.2 Å². The molecule has 0 spiro atoms. The van der Waals surface area contributed by atoms with Gasteiger partial charge in [0.1, 0.15) is 24.2 Å². The Labute approximate surface area is 143 Å². The minimum Gasteiger partial charge on any atom is -0.478 e. The number of para-hydroxylation sites is 1. The number of carbonyl (C=O) groups excluding carboxylic acids is 2. The van der Waals surface area contributed by atoms with Crippen LogP contribution in [-0.4, -0.2) is 29.2 Å². The molecule has 24 heavy (non-hydrogen) atoms. The van der Waals surface area contributed by atoms with Crippen molar-refractivity contribution in [1.29, 1.82) is 0 Å². The van der Waals surface area contributed by atoms with Crippen LogP contribution in [0.3, 0.4) is 0 Å². The summed E-state index contributed by atoms with van der Waals surface area (Å²) < 4.78 is 5.67. The van der Waals surface area contributed by atoms with Crippen molar-refractivity contribution in [2.75, 3.05) is 0 Å². The van der Waals surface area contributed by atoms with Gasteiger partial charge in [0.15, 0.2) is 0 Å². The first-order chi connectivity index (χ1) is 11.6. The van der Waals surface area contributed by atoms with Crippen molar-refractivity contribution in [2.45, 2.75) is 57.5 Å². The summed E-state index contributed by atoms with van der Waals surface area (Å²) in [4.78, 5) is 34.5. The zero-order chi connectivity index (χ0) is 17.8. The van der Waals surface area contributed by atoms with Gasteiger partial charge in [0.25, 0.3) is 0 Å². The molecule has 0 radical (unpaired) electrons. The van der Waals surface area contributed by atoms with Crippen LogP contribution >= 0.6 is 0 Å². The average molecular weight is 334 g/mol. The number of carbonyl (C=O) groups is 3. The second kappa shape index (κ2) is 10.6. The molecule has 0 bridgehead atoms. The van der Waals surface area contributed by atoms with Gasteiger partial charge in [-0.3, -0.25) is 0 Å². The van der Waals surface area contributed by atoms with Crippen LogP contribution in [0, 0.1) is 5.92 Å². The van der Waals surface area contributed by atoms with Crippen LogP contribution in [0.1, 0.15) is 51.9 Å². The van der Waals surface area contributed by atoms with Crippen molar-refractivity contribution in [3.63, 3.8) is 0 Å². The summed E-state index contributed by atoms with van der Waals surface area (Å²) in [7, 11) is 0. The van der Waals surface area contributed by atoms with E-state index in [1.54, 1.807) is 30.3 Å². The van der Waals surface area contributed by atoms with Gasteiger partial charge in [0.2, 0.25) is 5.60 Å². The second-order valence-electron chi connectivity index (χ2n) is 5.93. The average Bonchev–Trinajstić information content (AvgIpc) is 2.59. The number of hydrogen-bond acceptors (Lipinski definition) is 4. The third-order valence-electron chi connectivity index (χ3n) is 4.14. The standard InChI is InChI=1S/C19H26O5/c1-2-3-4-5-6-10-13-19(18(22)23,16(14-20)15-21)24-17-11-8-7-9-12-17/h7-9,11-12,14-16H,2-6,10,13H2,1H3,(H,22,23). The molecule has 0 amide bonds. The van der Waals surface area contributed by atoms with E-state index in [0.717, 1.165) is 32.1 Å². The van der Waals surface area contributed by atoms with Gasteiger partial charge < -0.3 is 19.4 Å². The number of aldehydes is 2. The van der Waals surface area contributed by atoms with Crippen LogP contribution in [0.25, 0.3) is 0 Å². The Kier molecular flexibility index (Phi) is 8.76. The summed E-state index contributed by atoms with van der Waals surface area (Å²) in [6.07, 6.45) is 6.65. The van der Waals surface area contributed by atoms with Crippen molar-refractivity contribution >= 4 is 18.5 Å². The first-order valence-corrected chi connectivity index (χ1v) is 8.48. The number of aliphatic carboxylic acids is 1. The molecule has 0 aliphatic heterocycles. The normalized spacial score (nSPS) is 13.2. The highest BCUT2D eigenvalue weighted by molar-refractivity contribution is 5.91. The molecule has 0 fully saturated rings. The predicted octanol–water partition coefficient (Wildman–Crippen LogP) is 3.65. The smallest absolute Gasteiger partial charge is 0.349 e. The molecule has 5 heteroatoms. The fraction of sp³-hybridized carbons (Fsp3) is 0.526. The van der Waals surface area contributed by atoms with Crippen LogP contribution in [-0.2, 0) is 14.4 Å². The molecular weight excluding hydrogens is 308 g/mol. The number of carboxylic acids is 1. The molecular formula is C19H26O5. The molecule has 0 aromatic heterocycles. The summed E-state index contributed by atoms with van der Waals surface area (Å²) >= 11 is 0. The third kappa shape index (κ3) is 5.48. The molecule has 5 nitrogen and oxygen atoms in total. The highest BCUT2D eigenvalue weighted by Crippen LogP contribution is 2.30. The predicted molar refractivity (Wildman–Crippen MR) is 91.0 cm³/mol. The Balaban J connectivity index is 2.89. The number of hydrogen-bond donors (Lipinski definition) is 1. The van der Waals surface area contributed by atoms with Gasteiger partial charge in [-0.05, 0) is 25.0 Å².